The van der Waals surface area contributed by atoms with Gasteiger partial charge in [-0.25, -0.2) is 4.98 Å². The summed E-state index contributed by atoms with van der Waals surface area (Å²) < 4.78 is 0. The molecule has 1 aromatic carbocycles. The van der Waals surface area contributed by atoms with Crippen molar-refractivity contribution in [3.05, 3.63) is 58.4 Å². The van der Waals surface area contributed by atoms with E-state index in [4.69, 9.17) is 0 Å². The molecule has 0 bridgehead atoms. The summed E-state index contributed by atoms with van der Waals surface area (Å²) >= 11 is 1.51. The molecule has 3 aromatic rings. The fourth-order valence-electron chi connectivity index (χ4n) is 3.06. The molecule has 4 rings (SSSR count). The van der Waals surface area contributed by atoms with Crippen molar-refractivity contribution in [1.29, 1.82) is 0 Å². The van der Waals surface area contributed by atoms with Gasteiger partial charge in [-0.05, 0) is 55.5 Å². The highest BCUT2D eigenvalue weighted by molar-refractivity contribution is 7.08. The Kier molecular flexibility index (Phi) is 5.02. The highest BCUT2D eigenvalue weighted by atomic mass is 32.1. The Morgan fingerprint density at radius 3 is 2.52 bits per heavy atom. The molecular formula is C20H21N5OS. The Morgan fingerprint density at radius 1 is 1.07 bits per heavy atom. The fraction of sp³-hybridized carbons (Fsp3) is 0.250. The van der Waals surface area contributed by atoms with E-state index < -0.39 is 0 Å². The number of nitrogens with one attached hydrogen (secondary N) is 2. The molecule has 1 fully saturated rings. The lowest BCUT2D eigenvalue weighted by molar-refractivity contribution is 0.102. The van der Waals surface area contributed by atoms with Gasteiger partial charge in [0, 0.05) is 41.6 Å². The Balaban J connectivity index is 1.44. The lowest BCUT2D eigenvalue weighted by atomic mass is 10.2. The standard InChI is InChI=1S/C20H21N5OS/c1-14-12-18(24-20(21-14)25-9-2-3-10-25)22-16-4-6-17(7-5-16)23-19(26)15-8-11-27-13-15/h4-8,11-13H,2-3,9-10H2,1H3,(H,23,26)(H,21,22,24). The molecule has 1 aliphatic heterocycles. The number of thiophene rings is 1. The maximum atomic E-state index is 12.1. The van der Waals surface area contributed by atoms with Crippen molar-refractivity contribution in [3.8, 4) is 0 Å². The number of rotatable bonds is 5. The Morgan fingerprint density at radius 2 is 1.81 bits per heavy atom. The van der Waals surface area contributed by atoms with E-state index in [1.807, 2.05) is 54.1 Å². The van der Waals surface area contributed by atoms with Crippen molar-refractivity contribution < 1.29 is 4.79 Å². The number of amides is 1. The summed E-state index contributed by atoms with van der Waals surface area (Å²) in [6.45, 7) is 4.01. The van der Waals surface area contributed by atoms with E-state index in [2.05, 4.69) is 25.5 Å². The van der Waals surface area contributed by atoms with Crippen LogP contribution in [0.1, 0.15) is 28.9 Å². The number of hydrogen-bond donors (Lipinski definition) is 2. The monoisotopic (exact) mass is 379 g/mol. The molecule has 2 N–H and O–H groups in total. The number of hydrogen-bond acceptors (Lipinski definition) is 6. The zero-order valence-corrected chi connectivity index (χ0v) is 15.9. The first-order valence-corrected chi connectivity index (χ1v) is 9.93. The first kappa shape index (κ1) is 17.5. The summed E-state index contributed by atoms with van der Waals surface area (Å²) in [5.41, 5.74) is 3.28. The molecule has 0 spiro atoms. The predicted molar refractivity (Wildman–Crippen MR) is 110 cm³/mol. The van der Waals surface area contributed by atoms with Crippen LogP contribution in [0.5, 0.6) is 0 Å². The summed E-state index contributed by atoms with van der Waals surface area (Å²) in [6, 6.07) is 11.4. The molecule has 1 amide bonds. The molecule has 0 unspecified atom stereocenters. The van der Waals surface area contributed by atoms with E-state index >= 15 is 0 Å². The first-order valence-electron chi connectivity index (χ1n) is 8.99. The summed E-state index contributed by atoms with van der Waals surface area (Å²) in [4.78, 5) is 23.5. The number of nitrogens with zero attached hydrogens (tertiary/aromatic N) is 3. The van der Waals surface area contributed by atoms with Crippen molar-refractivity contribution in [2.75, 3.05) is 28.6 Å². The Hall–Kier alpha value is -2.93. The van der Waals surface area contributed by atoms with Crippen LogP contribution in [-0.2, 0) is 0 Å². The third-order valence-electron chi connectivity index (χ3n) is 4.43. The second-order valence-corrected chi connectivity index (χ2v) is 7.34. The Labute approximate surface area is 162 Å². The van der Waals surface area contributed by atoms with E-state index in [-0.39, 0.29) is 5.91 Å². The third-order valence-corrected chi connectivity index (χ3v) is 5.11. The van der Waals surface area contributed by atoms with Gasteiger partial charge < -0.3 is 15.5 Å². The molecule has 27 heavy (non-hydrogen) atoms. The lowest BCUT2D eigenvalue weighted by Crippen LogP contribution is -2.21. The molecule has 0 atom stereocenters. The quantitative estimate of drug-likeness (QED) is 0.686. The van der Waals surface area contributed by atoms with Crippen LogP contribution in [-0.4, -0.2) is 29.0 Å². The van der Waals surface area contributed by atoms with Gasteiger partial charge >= 0.3 is 0 Å². The van der Waals surface area contributed by atoms with Gasteiger partial charge in [-0.3, -0.25) is 4.79 Å². The minimum atomic E-state index is -0.0985. The van der Waals surface area contributed by atoms with E-state index in [0.29, 0.717) is 5.56 Å². The molecule has 1 saturated heterocycles. The van der Waals surface area contributed by atoms with Crippen molar-refractivity contribution >= 4 is 40.4 Å². The second kappa shape index (κ2) is 7.75. The second-order valence-electron chi connectivity index (χ2n) is 6.56. The molecule has 0 radical (unpaired) electrons. The average Bonchev–Trinajstić information content (AvgIpc) is 3.37. The number of carbonyl (C=O) groups excluding carboxylic acids is 1. The zero-order valence-electron chi connectivity index (χ0n) is 15.1. The fourth-order valence-corrected chi connectivity index (χ4v) is 3.69. The van der Waals surface area contributed by atoms with Crippen LogP contribution in [0.25, 0.3) is 0 Å². The largest absolute Gasteiger partial charge is 0.341 e. The van der Waals surface area contributed by atoms with Crippen LogP contribution >= 0.6 is 11.3 Å². The molecule has 6 nitrogen and oxygen atoms in total. The predicted octanol–water partition coefficient (Wildman–Crippen LogP) is 4.44. The van der Waals surface area contributed by atoms with Crippen molar-refractivity contribution in [2.45, 2.75) is 19.8 Å². The Bertz CT molecular complexity index is 918. The highest BCUT2D eigenvalue weighted by Gasteiger charge is 2.16. The number of carbonyl (C=O) groups is 1. The maximum Gasteiger partial charge on any atom is 0.256 e. The number of aromatic nitrogens is 2. The highest BCUT2D eigenvalue weighted by Crippen LogP contribution is 2.22. The van der Waals surface area contributed by atoms with Gasteiger partial charge in [-0.15, -0.1) is 0 Å². The molecule has 1 aliphatic rings. The van der Waals surface area contributed by atoms with Crippen molar-refractivity contribution in [2.24, 2.45) is 0 Å². The van der Waals surface area contributed by atoms with E-state index in [1.165, 1.54) is 24.2 Å². The van der Waals surface area contributed by atoms with E-state index in [1.54, 1.807) is 0 Å². The van der Waals surface area contributed by atoms with Gasteiger partial charge in [0.25, 0.3) is 5.91 Å². The van der Waals surface area contributed by atoms with Crippen LogP contribution in [0.15, 0.2) is 47.2 Å². The molecular weight excluding hydrogens is 358 g/mol. The number of anilines is 4. The summed E-state index contributed by atoms with van der Waals surface area (Å²) in [7, 11) is 0. The van der Waals surface area contributed by atoms with Crippen LogP contribution in [0, 0.1) is 6.92 Å². The smallest absolute Gasteiger partial charge is 0.256 e. The number of aryl methyl sites for hydroxylation is 1. The summed E-state index contributed by atoms with van der Waals surface area (Å²) in [5, 5.41) is 9.95. The van der Waals surface area contributed by atoms with Gasteiger partial charge in [0.1, 0.15) is 5.82 Å². The lowest BCUT2D eigenvalue weighted by Gasteiger charge is -2.17. The van der Waals surface area contributed by atoms with Gasteiger partial charge in [0.05, 0.1) is 5.56 Å². The topological polar surface area (TPSA) is 70.2 Å². The molecule has 2 aromatic heterocycles. The first-order chi connectivity index (χ1) is 13.2. The third kappa shape index (κ3) is 4.25. The molecule has 7 heteroatoms. The molecule has 0 saturated carbocycles. The van der Waals surface area contributed by atoms with Gasteiger partial charge in [0.15, 0.2) is 0 Å². The normalized spacial score (nSPS) is 13.6. The average molecular weight is 379 g/mol. The van der Waals surface area contributed by atoms with Gasteiger partial charge in [-0.2, -0.15) is 16.3 Å². The minimum absolute atomic E-state index is 0.0985. The van der Waals surface area contributed by atoms with Crippen LogP contribution in [0.3, 0.4) is 0 Å². The van der Waals surface area contributed by atoms with Gasteiger partial charge in [0.2, 0.25) is 5.95 Å². The maximum absolute atomic E-state index is 12.1. The summed E-state index contributed by atoms with van der Waals surface area (Å²) in [6.07, 6.45) is 2.39. The van der Waals surface area contributed by atoms with Crippen LogP contribution < -0.4 is 15.5 Å². The van der Waals surface area contributed by atoms with Crippen molar-refractivity contribution in [3.63, 3.8) is 0 Å². The summed E-state index contributed by atoms with van der Waals surface area (Å²) in [5.74, 6) is 1.47. The SMILES string of the molecule is Cc1cc(Nc2ccc(NC(=O)c3ccsc3)cc2)nc(N2CCCC2)n1. The van der Waals surface area contributed by atoms with Crippen LogP contribution in [0.2, 0.25) is 0 Å². The number of benzene rings is 1. The van der Waals surface area contributed by atoms with Crippen LogP contribution in [0.4, 0.5) is 23.1 Å². The van der Waals surface area contributed by atoms with Gasteiger partial charge in [-0.1, -0.05) is 0 Å². The molecule has 0 aliphatic carbocycles. The van der Waals surface area contributed by atoms with E-state index in [0.717, 1.165) is 41.9 Å². The zero-order chi connectivity index (χ0) is 18.6. The molecule has 3 heterocycles. The minimum Gasteiger partial charge on any atom is -0.341 e. The van der Waals surface area contributed by atoms with Crippen molar-refractivity contribution in [1.82, 2.24) is 9.97 Å². The molecule has 138 valence electrons. The van der Waals surface area contributed by atoms with E-state index in [9.17, 15) is 4.79 Å².